The number of likely N-dealkylation sites (N-methyl/N-ethyl adjacent to an activating group) is 1. The third kappa shape index (κ3) is 5.61. The van der Waals surface area contributed by atoms with Crippen molar-refractivity contribution >= 4 is 11.9 Å². The summed E-state index contributed by atoms with van der Waals surface area (Å²) in [5, 5.41) is 0. The first kappa shape index (κ1) is 10.8. The maximum atomic E-state index is 10.8. The monoisotopic (exact) mass is 171 g/mol. The van der Waals surface area contributed by atoms with Crippen LogP contribution < -0.4 is 0 Å². The Labute approximate surface area is 71.8 Å². The summed E-state index contributed by atoms with van der Waals surface area (Å²) in [6.07, 6.45) is 1.46. The third-order valence-electron chi connectivity index (χ3n) is 0.984. The molecular formula is C8H13NO3. The standard InChI is InChI=1S/C8H13NO3/c1-4-5-7(10)12-8(11)6-9(2)3/h4H,1,5-6H2,2-3H3. The zero-order valence-corrected chi connectivity index (χ0v) is 7.37. The largest absolute Gasteiger partial charge is 0.392 e. The van der Waals surface area contributed by atoms with E-state index in [0.717, 1.165) is 0 Å². The Kier molecular flexibility index (Phi) is 4.96. The zero-order chi connectivity index (χ0) is 9.56. The fourth-order valence-corrected chi connectivity index (χ4v) is 0.577. The van der Waals surface area contributed by atoms with E-state index in [2.05, 4.69) is 11.3 Å². The smallest absolute Gasteiger partial charge is 0.327 e. The van der Waals surface area contributed by atoms with Crippen LogP contribution in [0.2, 0.25) is 0 Å². The Morgan fingerprint density at radius 1 is 1.42 bits per heavy atom. The Morgan fingerprint density at radius 2 is 2.00 bits per heavy atom. The minimum atomic E-state index is -0.558. The Balaban J connectivity index is 3.69. The molecule has 0 N–H and O–H groups in total. The minimum absolute atomic E-state index is 0.0686. The van der Waals surface area contributed by atoms with E-state index in [1.165, 1.54) is 6.08 Å². The molecule has 0 heterocycles. The summed E-state index contributed by atoms with van der Waals surface area (Å²) in [4.78, 5) is 23.2. The van der Waals surface area contributed by atoms with Crippen LogP contribution in [0.1, 0.15) is 6.42 Å². The molecule has 0 aliphatic carbocycles. The van der Waals surface area contributed by atoms with E-state index in [4.69, 9.17) is 0 Å². The fraction of sp³-hybridized carbons (Fsp3) is 0.500. The number of carbonyl (C=O) groups is 2. The van der Waals surface area contributed by atoms with E-state index in [9.17, 15) is 9.59 Å². The highest BCUT2D eigenvalue weighted by Crippen LogP contribution is 1.88. The lowest BCUT2D eigenvalue weighted by Crippen LogP contribution is -2.25. The summed E-state index contributed by atoms with van der Waals surface area (Å²) in [6.45, 7) is 3.46. The number of rotatable bonds is 4. The molecule has 4 heteroatoms. The number of esters is 2. The lowest BCUT2D eigenvalue weighted by atomic mass is 10.4. The number of ether oxygens (including phenoxy) is 1. The van der Waals surface area contributed by atoms with Gasteiger partial charge in [0.05, 0.1) is 13.0 Å². The predicted octanol–water partition coefficient (Wildman–Crippen LogP) is 0.194. The van der Waals surface area contributed by atoms with Crippen LogP contribution in [0.5, 0.6) is 0 Å². The summed E-state index contributed by atoms with van der Waals surface area (Å²) in [5.41, 5.74) is 0. The van der Waals surface area contributed by atoms with Crippen molar-refractivity contribution in [1.29, 1.82) is 0 Å². The van der Waals surface area contributed by atoms with Crippen molar-refractivity contribution in [2.45, 2.75) is 6.42 Å². The summed E-state index contributed by atoms with van der Waals surface area (Å²) < 4.78 is 4.41. The summed E-state index contributed by atoms with van der Waals surface area (Å²) in [6, 6.07) is 0. The van der Waals surface area contributed by atoms with Gasteiger partial charge in [0.2, 0.25) is 0 Å². The molecule has 0 fully saturated rings. The van der Waals surface area contributed by atoms with E-state index in [1.54, 1.807) is 19.0 Å². The van der Waals surface area contributed by atoms with Gasteiger partial charge in [-0.2, -0.15) is 0 Å². The molecule has 0 aromatic heterocycles. The molecule has 12 heavy (non-hydrogen) atoms. The first-order valence-corrected chi connectivity index (χ1v) is 3.55. The maximum absolute atomic E-state index is 10.8. The van der Waals surface area contributed by atoms with Gasteiger partial charge in [0.1, 0.15) is 0 Å². The SMILES string of the molecule is C=CCC(=O)OC(=O)CN(C)C. The second kappa shape index (κ2) is 5.49. The lowest BCUT2D eigenvalue weighted by Gasteiger charge is -2.06. The highest BCUT2D eigenvalue weighted by molar-refractivity contribution is 5.86. The van der Waals surface area contributed by atoms with E-state index < -0.39 is 11.9 Å². The first-order chi connectivity index (χ1) is 5.56. The molecule has 0 saturated carbocycles. The van der Waals surface area contributed by atoms with E-state index in [0.29, 0.717) is 0 Å². The summed E-state index contributed by atoms with van der Waals surface area (Å²) in [5.74, 6) is -1.09. The van der Waals surface area contributed by atoms with Crippen molar-refractivity contribution in [3.63, 3.8) is 0 Å². The van der Waals surface area contributed by atoms with Crippen LogP contribution in [0, 0.1) is 0 Å². The molecule has 68 valence electrons. The molecule has 0 aliphatic rings. The van der Waals surface area contributed by atoms with Gasteiger partial charge in [-0.25, -0.2) is 0 Å². The molecule has 0 aromatic carbocycles. The van der Waals surface area contributed by atoms with E-state index >= 15 is 0 Å². The molecule has 0 atom stereocenters. The average Bonchev–Trinajstić information content (AvgIpc) is 1.84. The van der Waals surface area contributed by atoms with Crippen molar-refractivity contribution in [3.8, 4) is 0 Å². The average molecular weight is 171 g/mol. The molecule has 0 radical (unpaired) electrons. The van der Waals surface area contributed by atoms with Gasteiger partial charge >= 0.3 is 11.9 Å². The molecule has 0 bridgehead atoms. The van der Waals surface area contributed by atoms with Crippen molar-refractivity contribution in [3.05, 3.63) is 12.7 Å². The topological polar surface area (TPSA) is 46.6 Å². The maximum Gasteiger partial charge on any atom is 0.327 e. The Morgan fingerprint density at radius 3 is 2.42 bits per heavy atom. The van der Waals surface area contributed by atoms with Gasteiger partial charge in [-0.15, -0.1) is 6.58 Å². The number of nitrogens with zero attached hydrogens (tertiary/aromatic N) is 1. The second-order valence-electron chi connectivity index (χ2n) is 2.58. The zero-order valence-electron chi connectivity index (χ0n) is 7.37. The predicted molar refractivity (Wildman–Crippen MR) is 44.5 cm³/mol. The molecule has 0 saturated heterocycles. The quantitative estimate of drug-likeness (QED) is 0.344. The molecule has 0 amide bonds. The van der Waals surface area contributed by atoms with Crippen LogP contribution in [-0.2, 0) is 14.3 Å². The molecule has 0 rings (SSSR count). The van der Waals surface area contributed by atoms with E-state index in [1.807, 2.05) is 0 Å². The van der Waals surface area contributed by atoms with Crippen LogP contribution in [0.25, 0.3) is 0 Å². The Hall–Kier alpha value is -1.16. The number of carbonyl (C=O) groups excluding carboxylic acids is 2. The van der Waals surface area contributed by atoms with Crippen LogP contribution in [0.4, 0.5) is 0 Å². The first-order valence-electron chi connectivity index (χ1n) is 3.55. The van der Waals surface area contributed by atoms with Gasteiger partial charge in [-0.1, -0.05) is 6.08 Å². The number of hydrogen-bond donors (Lipinski definition) is 0. The van der Waals surface area contributed by atoms with Gasteiger partial charge < -0.3 is 4.74 Å². The Bertz CT molecular complexity index is 187. The molecule has 0 aromatic rings. The van der Waals surface area contributed by atoms with Gasteiger partial charge in [0.15, 0.2) is 0 Å². The van der Waals surface area contributed by atoms with Crippen molar-refractivity contribution in [2.24, 2.45) is 0 Å². The van der Waals surface area contributed by atoms with Crippen molar-refractivity contribution in [2.75, 3.05) is 20.6 Å². The van der Waals surface area contributed by atoms with Gasteiger partial charge in [0.25, 0.3) is 0 Å². The summed E-state index contributed by atoms with van der Waals surface area (Å²) in [7, 11) is 3.44. The van der Waals surface area contributed by atoms with Crippen LogP contribution in [0.15, 0.2) is 12.7 Å². The van der Waals surface area contributed by atoms with Crippen molar-refractivity contribution in [1.82, 2.24) is 4.90 Å². The van der Waals surface area contributed by atoms with Crippen LogP contribution >= 0.6 is 0 Å². The summed E-state index contributed by atoms with van der Waals surface area (Å²) >= 11 is 0. The fourth-order valence-electron chi connectivity index (χ4n) is 0.577. The third-order valence-corrected chi connectivity index (χ3v) is 0.984. The van der Waals surface area contributed by atoms with E-state index in [-0.39, 0.29) is 13.0 Å². The second-order valence-corrected chi connectivity index (χ2v) is 2.58. The van der Waals surface area contributed by atoms with Crippen molar-refractivity contribution < 1.29 is 14.3 Å². The minimum Gasteiger partial charge on any atom is -0.392 e. The van der Waals surface area contributed by atoms with Gasteiger partial charge in [0, 0.05) is 0 Å². The highest BCUT2D eigenvalue weighted by atomic mass is 16.6. The van der Waals surface area contributed by atoms with Gasteiger partial charge in [-0.3, -0.25) is 14.5 Å². The normalized spacial score (nSPS) is 9.58. The molecule has 0 aliphatic heterocycles. The van der Waals surface area contributed by atoms with Crippen LogP contribution in [-0.4, -0.2) is 37.5 Å². The molecule has 0 spiro atoms. The highest BCUT2D eigenvalue weighted by Gasteiger charge is 2.08. The molecular weight excluding hydrogens is 158 g/mol. The number of hydrogen-bond acceptors (Lipinski definition) is 4. The van der Waals surface area contributed by atoms with Crippen LogP contribution in [0.3, 0.4) is 0 Å². The molecule has 4 nitrogen and oxygen atoms in total. The van der Waals surface area contributed by atoms with Gasteiger partial charge in [-0.05, 0) is 14.1 Å². The molecule has 0 unspecified atom stereocenters. The lowest BCUT2D eigenvalue weighted by molar-refractivity contribution is -0.159.